The van der Waals surface area contributed by atoms with Gasteiger partial charge in [0.25, 0.3) is 0 Å². The number of anilines is 1. The highest BCUT2D eigenvalue weighted by atomic mass is 32.1. The Balaban J connectivity index is 2.14. The van der Waals surface area contributed by atoms with Crippen molar-refractivity contribution in [3.8, 4) is 0 Å². The molecule has 0 saturated heterocycles. The molecule has 0 radical (unpaired) electrons. The summed E-state index contributed by atoms with van der Waals surface area (Å²) in [5.41, 5.74) is 5.44. The number of hydrogen-bond donors (Lipinski definition) is 3. The van der Waals surface area contributed by atoms with Crippen molar-refractivity contribution in [3.63, 3.8) is 0 Å². The number of amides is 1. The number of carboxylic acids is 1. The third kappa shape index (κ3) is 3.01. The number of nitrogens with two attached hydrogens (primary N) is 1. The Kier molecular flexibility index (Phi) is 4.11. The van der Waals surface area contributed by atoms with Gasteiger partial charge >= 0.3 is 5.97 Å². The quantitative estimate of drug-likeness (QED) is 0.806. The number of benzene rings is 1. The van der Waals surface area contributed by atoms with Crippen LogP contribution in [0, 0.1) is 5.82 Å². The molecule has 4 N–H and O–H groups in total. The van der Waals surface area contributed by atoms with Crippen molar-refractivity contribution in [1.82, 2.24) is 0 Å². The van der Waals surface area contributed by atoms with Crippen LogP contribution in [0.3, 0.4) is 0 Å². The van der Waals surface area contributed by atoms with Gasteiger partial charge in [0.15, 0.2) is 0 Å². The van der Waals surface area contributed by atoms with E-state index in [1.807, 2.05) is 0 Å². The number of halogens is 1. The fraction of sp³-hybridized carbons (Fsp3) is 0.0769. The number of carbonyl (C=O) groups excluding carboxylic acids is 1. The average molecular weight is 294 g/mol. The molecule has 104 valence electrons. The van der Waals surface area contributed by atoms with E-state index in [1.165, 1.54) is 23.5 Å². The first-order valence-electron chi connectivity index (χ1n) is 5.61. The lowest BCUT2D eigenvalue weighted by atomic mass is 10.2. The topological polar surface area (TPSA) is 92.4 Å². The molecule has 20 heavy (non-hydrogen) atoms. The molecule has 0 aliphatic carbocycles. The van der Waals surface area contributed by atoms with Crippen LogP contribution in [0.5, 0.6) is 0 Å². The number of rotatable bonds is 4. The van der Waals surface area contributed by atoms with E-state index in [1.54, 1.807) is 17.5 Å². The van der Waals surface area contributed by atoms with Crippen LogP contribution in [0.1, 0.15) is 21.3 Å². The maximum atomic E-state index is 13.7. The molecule has 7 heteroatoms. The summed E-state index contributed by atoms with van der Waals surface area (Å²) in [6.45, 7) is 0. The summed E-state index contributed by atoms with van der Waals surface area (Å²) in [5, 5.41) is 12.8. The fourth-order valence-electron chi connectivity index (χ4n) is 1.56. The third-order valence-electron chi connectivity index (χ3n) is 2.61. The zero-order valence-electron chi connectivity index (χ0n) is 10.2. The van der Waals surface area contributed by atoms with E-state index in [0.29, 0.717) is 4.88 Å². The highest BCUT2D eigenvalue weighted by Crippen LogP contribution is 2.20. The summed E-state index contributed by atoms with van der Waals surface area (Å²) in [4.78, 5) is 23.2. The van der Waals surface area contributed by atoms with Gasteiger partial charge in [-0.15, -0.1) is 11.3 Å². The zero-order valence-corrected chi connectivity index (χ0v) is 11.0. The second-order valence-electron chi connectivity index (χ2n) is 3.98. The second-order valence-corrected chi connectivity index (χ2v) is 4.96. The summed E-state index contributed by atoms with van der Waals surface area (Å²) in [7, 11) is 0. The third-order valence-corrected chi connectivity index (χ3v) is 3.56. The maximum Gasteiger partial charge on any atom is 0.335 e. The first-order valence-corrected chi connectivity index (χ1v) is 6.49. The van der Waals surface area contributed by atoms with Gasteiger partial charge in [-0.1, -0.05) is 6.07 Å². The van der Waals surface area contributed by atoms with Gasteiger partial charge in [0.2, 0.25) is 5.91 Å². The summed E-state index contributed by atoms with van der Waals surface area (Å²) < 4.78 is 13.7. The lowest BCUT2D eigenvalue weighted by molar-refractivity contribution is -0.117. The molecule has 1 heterocycles. The molecule has 1 unspecified atom stereocenters. The number of nitrogens with one attached hydrogen (secondary N) is 1. The molecule has 0 fully saturated rings. The van der Waals surface area contributed by atoms with Crippen LogP contribution in [0.25, 0.3) is 0 Å². The van der Waals surface area contributed by atoms with Crippen LogP contribution in [0.4, 0.5) is 10.1 Å². The monoisotopic (exact) mass is 294 g/mol. The van der Waals surface area contributed by atoms with Crippen LogP contribution >= 0.6 is 11.3 Å². The normalized spacial score (nSPS) is 11.9. The van der Waals surface area contributed by atoms with Crippen LogP contribution in [-0.4, -0.2) is 17.0 Å². The highest BCUT2D eigenvalue weighted by molar-refractivity contribution is 7.10. The SMILES string of the molecule is NC(C(=O)Nc1ccc(C(=O)O)cc1F)c1cccs1. The molecule has 1 amide bonds. The maximum absolute atomic E-state index is 13.7. The van der Waals surface area contributed by atoms with Gasteiger partial charge in [0, 0.05) is 4.88 Å². The molecule has 1 atom stereocenters. The zero-order chi connectivity index (χ0) is 14.7. The van der Waals surface area contributed by atoms with Crippen LogP contribution in [-0.2, 0) is 4.79 Å². The number of aromatic carboxylic acids is 1. The van der Waals surface area contributed by atoms with Gasteiger partial charge in [0.05, 0.1) is 11.3 Å². The number of carbonyl (C=O) groups is 2. The van der Waals surface area contributed by atoms with Gasteiger partial charge in [0.1, 0.15) is 11.9 Å². The molecule has 0 bridgehead atoms. The van der Waals surface area contributed by atoms with E-state index >= 15 is 0 Å². The van der Waals surface area contributed by atoms with E-state index in [4.69, 9.17) is 10.8 Å². The number of thiophene rings is 1. The Morgan fingerprint density at radius 1 is 1.35 bits per heavy atom. The minimum absolute atomic E-state index is 0.105. The standard InChI is InChI=1S/C13H11FN2O3S/c14-8-6-7(13(18)19)3-4-9(8)16-12(17)11(15)10-2-1-5-20-10/h1-6,11H,15H2,(H,16,17)(H,18,19). The minimum atomic E-state index is -1.24. The number of carboxylic acid groups (broad SMARTS) is 1. The van der Waals surface area contributed by atoms with Crippen LogP contribution < -0.4 is 11.1 Å². The molecule has 1 aromatic carbocycles. The highest BCUT2D eigenvalue weighted by Gasteiger charge is 2.18. The molecular formula is C13H11FN2O3S. The van der Waals surface area contributed by atoms with E-state index in [-0.39, 0.29) is 11.3 Å². The molecule has 5 nitrogen and oxygen atoms in total. The first-order chi connectivity index (χ1) is 9.49. The predicted octanol–water partition coefficient (Wildman–Crippen LogP) is 2.22. The van der Waals surface area contributed by atoms with E-state index < -0.39 is 23.7 Å². The molecule has 0 saturated carbocycles. The van der Waals surface area contributed by atoms with Crippen molar-refractivity contribution < 1.29 is 19.1 Å². The Bertz CT molecular complexity index is 643. The predicted molar refractivity (Wildman–Crippen MR) is 73.2 cm³/mol. The Labute approximate surface area is 117 Å². The van der Waals surface area contributed by atoms with Crippen molar-refractivity contribution >= 4 is 28.9 Å². The van der Waals surface area contributed by atoms with Crippen molar-refractivity contribution in [2.45, 2.75) is 6.04 Å². The lowest BCUT2D eigenvalue weighted by Gasteiger charge is -2.11. The van der Waals surface area contributed by atoms with Gasteiger partial charge in [-0.25, -0.2) is 9.18 Å². The number of hydrogen-bond acceptors (Lipinski definition) is 4. The van der Waals surface area contributed by atoms with Crippen molar-refractivity contribution in [2.24, 2.45) is 5.73 Å². The summed E-state index contributed by atoms with van der Waals surface area (Å²) in [5.74, 6) is -2.62. The Morgan fingerprint density at radius 3 is 2.65 bits per heavy atom. The summed E-state index contributed by atoms with van der Waals surface area (Å²) in [6, 6.07) is 5.81. The van der Waals surface area contributed by atoms with E-state index in [2.05, 4.69) is 5.32 Å². The van der Waals surface area contributed by atoms with Crippen LogP contribution in [0.2, 0.25) is 0 Å². The first kappa shape index (κ1) is 14.2. The molecular weight excluding hydrogens is 283 g/mol. The Hall–Kier alpha value is -2.25. The van der Waals surface area contributed by atoms with Gasteiger partial charge < -0.3 is 16.2 Å². The second kappa shape index (κ2) is 5.81. The van der Waals surface area contributed by atoms with Crippen molar-refractivity contribution in [2.75, 3.05) is 5.32 Å². The lowest BCUT2D eigenvalue weighted by Crippen LogP contribution is -2.27. The fourth-order valence-corrected chi connectivity index (χ4v) is 2.28. The summed E-state index contributed by atoms with van der Waals surface area (Å²) >= 11 is 1.32. The molecule has 2 aromatic rings. The molecule has 2 rings (SSSR count). The van der Waals surface area contributed by atoms with Crippen LogP contribution in [0.15, 0.2) is 35.7 Å². The molecule has 0 spiro atoms. The van der Waals surface area contributed by atoms with Gasteiger partial charge in [-0.2, -0.15) is 0 Å². The minimum Gasteiger partial charge on any atom is -0.478 e. The summed E-state index contributed by atoms with van der Waals surface area (Å²) in [6.07, 6.45) is 0. The van der Waals surface area contributed by atoms with Crippen molar-refractivity contribution in [1.29, 1.82) is 0 Å². The van der Waals surface area contributed by atoms with Crippen molar-refractivity contribution in [3.05, 3.63) is 52.0 Å². The largest absolute Gasteiger partial charge is 0.478 e. The Morgan fingerprint density at radius 2 is 2.10 bits per heavy atom. The van der Waals surface area contributed by atoms with Gasteiger partial charge in [-0.05, 0) is 29.6 Å². The molecule has 0 aliphatic rings. The molecule has 1 aromatic heterocycles. The smallest absolute Gasteiger partial charge is 0.335 e. The van der Waals surface area contributed by atoms with Gasteiger partial charge in [-0.3, -0.25) is 4.79 Å². The van der Waals surface area contributed by atoms with E-state index in [9.17, 15) is 14.0 Å². The van der Waals surface area contributed by atoms with E-state index in [0.717, 1.165) is 6.07 Å². The molecule has 0 aliphatic heterocycles. The average Bonchev–Trinajstić information content (AvgIpc) is 2.93.